The van der Waals surface area contributed by atoms with E-state index in [0.29, 0.717) is 5.56 Å². The molecular formula is C18H14FN. The van der Waals surface area contributed by atoms with Crippen LogP contribution in [-0.2, 0) is 5.41 Å². The number of fused-ring (bicyclic) bond motifs is 2. The maximum absolute atomic E-state index is 14.4. The summed E-state index contributed by atoms with van der Waals surface area (Å²) in [7, 11) is 0. The number of halogens is 1. The Kier molecular flexibility index (Phi) is 2.12. The summed E-state index contributed by atoms with van der Waals surface area (Å²) in [5, 5.41) is 2.38. The average Bonchev–Trinajstić information content (AvgIpc) is 2.44. The van der Waals surface area contributed by atoms with Gasteiger partial charge in [0.05, 0.1) is 5.69 Å². The summed E-state index contributed by atoms with van der Waals surface area (Å²) in [6, 6.07) is 13.8. The predicted molar refractivity (Wildman–Crippen MR) is 79.3 cm³/mol. The number of benzene rings is 2. The summed E-state index contributed by atoms with van der Waals surface area (Å²) in [4.78, 5) is 4.46. The van der Waals surface area contributed by atoms with Crippen molar-refractivity contribution in [1.29, 1.82) is 0 Å². The molecule has 1 aromatic heterocycles. The number of hydrogen-bond donors (Lipinski definition) is 0. The molecule has 1 aliphatic rings. The van der Waals surface area contributed by atoms with Crippen molar-refractivity contribution in [2.75, 3.05) is 0 Å². The Morgan fingerprint density at radius 1 is 1.00 bits per heavy atom. The molecule has 1 nitrogen and oxygen atoms in total. The van der Waals surface area contributed by atoms with Crippen molar-refractivity contribution >= 4 is 10.8 Å². The molecule has 0 unspecified atom stereocenters. The van der Waals surface area contributed by atoms with Gasteiger partial charge in [-0.2, -0.15) is 0 Å². The van der Waals surface area contributed by atoms with Crippen molar-refractivity contribution in [3.63, 3.8) is 0 Å². The van der Waals surface area contributed by atoms with E-state index >= 15 is 0 Å². The van der Waals surface area contributed by atoms with Gasteiger partial charge in [0, 0.05) is 22.7 Å². The highest BCUT2D eigenvalue weighted by molar-refractivity contribution is 6.02. The zero-order chi connectivity index (χ0) is 13.9. The molecule has 0 atom stereocenters. The number of hydrogen-bond acceptors (Lipinski definition) is 1. The first kappa shape index (κ1) is 11.6. The minimum absolute atomic E-state index is 0.175. The molecule has 98 valence electrons. The molecule has 0 amide bonds. The maximum Gasteiger partial charge on any atom is 0.130 e. The van der Waals surface area contributed by atoms with Gasteiger partial charge < -0.3 is 0 Å². The van der Waals surface area contributed by atoms with Gasteiger partial charge in [-0.3, -0.25) is 4.98 Å². The maximum atomic E-state index is 14.4. The lowest BCUT2D eigenvalue weighted by molar-refractivity contribution is 0.547. The van der Waals surface area contributed by atoms with Crippen LogP contribution in [-0.4, -0.2) is 4.98 Å². The first-order valence-corrected chi connectivity index (χ1v) is 6.78. The van der Waals surface area contributed by atoms with Gasteiger partial charge in [0.25, 0.3) is 0 Å². The molecule has 0 fully saturated rings. The molecule has 2 heteroatoms. The average molecular weight is 263 g/mol. The van der Waals surface area contributed by atoms with E-state index in [2.05, 4.69) is 37.0 Å². The Morgan fingerprint density at radius 2 is 1.75 bits per heavy atom. The van der Waals surface area contributed by atoms with Crippen LogP contribution in [0.3, 0.4) is 0 Å². The highest BCUT2D eigenvalue weighted by Gasteiger charge is 2.36. The summed E-state index contributed by atoms with van der Waals surface area (Å²) in [6.45, 7) is 4.14. The summed E-state index contributed by atoms with van der Waals surface area (Å²) < 4.78 is 14.4. The van der Waals surface area contributed by atoms with Gasteiger partial charge in [-0.25, -0.2) is 4.39 Å². The topological polar surface area (TPSA) is 12.9 Å². The van der Waals surface area contributed by atoms with E-state index in [1.54, 1.807) is 6.20 Å². The molecule has 20 heavy (non-hydrogen) atoms. The van der Waals surface area contributed by atoms with Gasteiger partial charge in [-0.15, -0.1) is 0 Å². The second-order valence-electron chi connectivity index (χ2n) is 5.85. The molecule has 0 bridgehead atoms. The number of aromatic nitrogens is 1. The van der Waals surface area contributed by atoms with Gasteiger partial charge in [-0.05, 0) is 22.4 Å². The molecule has 0 N–H and O–H groups in total. The fourth-order valence-corrected chi connectivity index (χ4v) is 3.43. The molecule has 0 radical (unpaired) electrons. The molecule has 0 saturated carbocycles. The largest absolute Gasteiger partial charge is 0.256 e. The SMILES string of the molecule is CC1(C)c2c(F)ccnc2-c2cccc3cccc1c23. The fraction of sp³-hybridized carbons (Fsp3) is 0.167. The quantitative estimate of drug-likeness (QED) is 0.574. The van der Waals surface area contributed by atoms with Crippen molar-refractivity contribution in [3.8, 4) is 11.3 Å². The zero-order valence-corrected chi connectivity index (χ0v) is 11.4. The lowest BCUT2D eigenvalue weighted by Gasteiger charge is -2.34. The smallest absolute Gasteiger partial charge is 0.130 e. The van der Waals surface area contributed by atoms with E-state index in [1.807, 2.05) is 18.2 Å². The molecule has 0 aliphatic heterocycles. The van der Waals surface area contributed by atoms with Crippen molar-refractivity contribution in [2.45, 2.75) is 19.3 Å². The number of nitrogens with zero attached hydrogens (tertiary/aromatic N) is 1. The molecule has 2 aromatic carbocycles. The highest BCUT2D eigenvalue weighted by Crippen LogP contribution is 2.48. The summed E-state index contributed by atoms with van der Waals surface area (Å²) in [5.41, 5.74) is 3.31. The van der Waals surface area contributed by atoms with Crippen molar-refractivity contribution < 1.29 is 4.39 Å². The molecule has 3 aromatic rings. The van der Waals surface area contributed by atoms with Crippen molar-refractivity contribution in [1.82, 2.24) is 4.98 Å². The Bertz CT molecular complexity index is 844. The van der Waals surface area contributed by atoms with E-state index in [1.165, 1.54) is 22.4 Å². The second-order valence-corrected chi connectivity index (χ2v) is 5.85. The van der Waals surface area contributed by atoms with Crippen LogP contribution in [0.15, 0.2) is 48.7 Å². The molecule has 0 saturated heterocycles. The Hall–Kier alpha value is -2.22. The molecular weight excluding hydrogens is 249 g/mol. The summed E-state index contributed by atoms with van der Waals surface area (Å²) >= 11 is 0. The van der Waals surface area contributed by atoms with E-state index in [0.717, 1.165) is 11.3 Å². The van der Waals surface area contributed by atoms with E-state index < -0.39 is 0 Å². The third kappa shape index (κ3) is 1.29. The van der Waals surface area contributed by atoms with Crippen molar-refractivity contribution in [3.05, 3.63) is 65.6 Å². The van der Waals surface area contributed by atoms with Crippen LogP contribution in [0.2, 0.25) is 0 Å². The molecule has 1 heterocycles. The van der Waals surface area contributed by atoms with Gasteiger partial charge in [-0.1, -0.05) is 50.2 Å². The minimum Gasteiger partial charge on any atom is -0.256 e. The summed E-state index contributed by atoms with van der Waals surface area (Å²) in [5.74, 6) is -0.175. The Morgan fingerprint density at radius 3 is 2.55 bits per heavy atom. The minimum atomic E-state index is -0.373. The zero-order valence-electron chi connectivity index (χ0n) is 11.4. The Balaban J connectivity index is 2.29. The monoisotopic (exact) mass is 263 g/mol. The third-order valence-corrected chi connectivity index (χ3v) is 4.36. The van der Waals surface area contributed by atoms with Crippen LogP contribution in [0, 0.1) is 5.82 Å². The molecule has 1 aliphatic carbocycles. The third-order valence-electron chi connectivity index (χ3n) is 4.36. The van der Waals surface area contributed by atoms with E-state index in [9.17, 15) is 4.39 Å². The first-order valence-electron chi connectivity index (χ1n) is 6.78. The Labute approximate surface area is 117 Å². The molecule has 4 rings (SSSR count). The van der Waals surface area contributed by atoms with Crippen LogP contribution in [0.1, 0.15) is 25.0 Å². The second kappa shape index (κ2) is 3.66. The standard InChI is InChI=1S/C18H14FN/c1-18(2)13-8-4-6-11-5-3-7-12(15(11)13)17-16(18)14(19)9-10-20-17/h3-10H,1-2H3. The predicted octanol–water partition coefficient (Wildman–Crippen LogP) is 4.68. The lowest BCUT2D eigenvalue weighted by atomic mass is 9.70. The van der Waals surface area contributed by atoms with Gasteiger partial charge in [0.15, 0.2) is 0 Å². The van der Waals surface area contributed by atoms with Crippen LogP contribution in [0.4, 0.5) is 4.39 Å². The van der Waals surface area contributed by atoms with Crippen LogP contribution in [0.25, 0.3) is 22.0 Å². The number of pyridine rings is 1. The highest BCUT2D eigenvalue weighted by atomic mass is 19.1. The normalized spacial score (nSPS) is 15.2. The lowest BCUT2D eigenvalue weighted by Crippen LogP contribution is -2.25. The van der Waals surface area contributed by atoms with E-state index in [4.69, 9.17) is 0 Å². The van der Waals surface area contributed by atoms with E-state index in [-0.39, 0.29) is 11.2 Å². The fourth-order valence-electron chi connectivity index (χ4n) is 3.43. The van der Waals surface area contributed by atoms with Gasteiger partial charge >= 0.3 is 0 Å². The molecule has 0 spiro atoms. The first-order chi connectivity index (χ1) is 9.60. The van der Waals surface area contributed by atoms with Gasteiger partial charge in [0.1, 0.15) is 5.82 Å². The van der Waals surface area contributed by atoms with Crippen molar-refractivity contribution in [2.24, 2.45) is 0 Å². The number of rotatable bonds is 0. The van der Waals surface area contributed by atoms with Crippen LogP contribution in [0.5, 0.6) is 0 Å². The van der Waals surface area contributed by atoms with Crippen LogP contribution >= 0.6 is 0 Å². The van der Waals surface area contributed by atoms with Gasteiger partial charge in [0.2, 0.25) is 0 Å². The summed E-state index contributed by atoms with van der Waals surface area (Å²) in [6.07, 6.45) is 1.55. The van der Waals surface area contributed by atoms with Crippen LogP contribution < -0.4 is 0 Å².